The SMILES string of the molecule is COc1nc(N2CCCC(O)CC2)c2cnc(-c3cc(O)cc4ccccc34)c(F)c2n1.FC1CC2CCCN2C1. The number of hydrogen-bond donors (Lipinski definition) is 2. The van der Waals surface area contributed by atoms with Gasteiger partial charge in [0.05, 0.1) is 18.6 Å². The highest BCUT2D eigenvalue weighted by Crippen LogP contribution is 2.37. The summed E-state index contributed by atoms with van der Waals surface area (Å²) in [5.41, 5.74) is 0.689. The van der Waals surface area contributed by atoms with Crippen molar-refractivity contribution in [2.24, 2.45) is 0 Å². The second-order valence-corrected chi connectivity index (χ2v) is 11.1. The fraction of sp³-hybridized carbons (Fsp3) is 0.452. The molecule has 3 aliphatic rings. The van der Waals surface area contributed by atoms with Crippen molar-refractivity contribution in [2.45, 2.75) is 56.8 Å². The highest BCUT2D eigenvalue weighted by atomic mass is 19.1. The van der Waals surface area contributed by atoms with Crippen LogP contribution in [0.3, 0.4) is 0 Å². The van der Waals surface area contributed by atoms with E-state index >= 15 is 4.39 Å². The van der Waals surface area contributed by atoms with Crippen molar-refractivity contribution in [3.05, 3.63) is 48.4 Å². The summed E-state index contributed by atoms with van der Waals surface area (Å²) in [4.78, 5) is 17.5. The lowest BCUT2D eigenvalue weighted by atomic mass is 10.0. The number of rotatable bonds is 3. The lowest BCUT2D eigenvalue weighted by Gasteiger charge is -2.23. The Hall–Kier alpha value is -3.63. The highest BCUT2D eigenvalue weighted by Gasteiger charge is 2.34. The predicted octanol–water partition coefficient (Wildman–Crippen LogP) is 5.24. The fourth-order valence-corrected chi connectivity index (χ4v) is 6.35. The van der Waals surface area contributed by atoms with E-state index in [9.17, 15) is 14.6 Å². The van der Waals surface area contributed by atoms with E-state index in [2.05, 4.69) is 19.9 Å². The number of alkyl halides is 1. The van der Waals surface area contributed by atoms with Gasteiger partial charge in [-0.2, -0.15) is 9.97 Å². The van der Waals surface area contributed by atoms with E-state index in [0.29, 0.717) is 48.9 Å². The second kappa shape index (κ2) is 11.7. The zero-order valence-electron chi connectivity index (χ0n) is 23.1. The molecule has 0 bridgehead atoms. The average molecular weight is 564 g/mol. The molecule has 0 radical (unpaired) electrons. The Morgan fingerprint density at radius 2 is 1.83 bits per heavy atom. The molecule has 0 aliphatic carbocycles. The number of pyridine rings is 1. The quantitative estimate of drug-likeness (QED) is 0.350. The van der Waals surface area contributed by atoms with Crippen LogP contribution in [0.5, 0.6) is 11.8 Å². The monoisotopic (exact) mass is 563 g/mol. The third-order valence-electron chi connectivity index (χ3n) is 8.38. The van der Waals surface area contributed by atoms with Gasteiger partial charge in [0.15, 0.2) is 5.82 Å². The maximum absolute atomic E-state index is 15.9. The normalized spacial score (nSPS) is 22.8. The maximum Gasteiger partial charge on any atom is 0.318 e. The lowest BCUT2D eigenvalue weighted by Crippen LogP contribution is -2.26. The number of anilines is 1. The first-order valence-corrected chi connectivity index (χ1v) is 14.3. The molecule has 8 nitrogen and oxygen atoms in total. The topological polar surface area (TPSA) is 94.8 Å². The van der Waals surface area contributed by atoms with Crippen molar-refractivity contribution in [1.29, 1.82) is 0 Å². The van der Waals surface area contributed by atoms with E-state index in [1.54, 1.807) is 12.3 Å². The Bertz CT molecular complexity index is 1540. The minimum atomic E-state index is -0.602. The van der Waals surface area contributed by atoms with Crippen molar-refractivity contribution >= 4 is 27.5 Å². The summed E-state index contributed by atoms with van der Waals surface area (Å²) >= 11 is 0. The van der Waals surface area contributed by atoms with Gasteiger partial charge in [0.1, 0.15) is 28.9 Å². The minimum absolute atomic E-state index is 0.0316. The number of nitrogens with zero attached hydrogens (tertiary/aromatic N) is 5. The molecule has 5 heterocycles. The van der Waals surface area contributed by atoms with Crippen molar-refractivity contribution in [1.82, 2.24) is 19.9 Å². The van der Waals surface area contributed by atoms with Gasteiger partial charge >= 0.3 is 6.01 Å². The molecule has 216 valence electrons. The molecule has 7 rings (SSSR count). The van der Waals surface area contributed by atoms with E-state index in [1.165, 1.54) is 26.0 Å². The molecule has 0 saturated carbocycles. The molecule has 10 heteroatoms. The number of halogens is 2. The summed E-state index contributed by atoms with van der Waals surface area (Å²) in [6.07, 6.45) is 6.17. The van der Waals surface area contributed by atoms with Crippen LogP contribution in [0.1, 0.15) is 38.5 Å². The smallest absolute Gasteiger partial charge is 0.318 e. The van der Waals surface area contributed by atoms with Gasteiger partial charge in [0.2, 0.25) is 0 Å². The molecule has 3 fully saturated rings. The highest BCUT2D eigenvalue weighted by molar-refractivity contribution is 5.99. The Labute approximate surface area is 237 Å². The number of phenolic OH excluding ortho intramolecular Hbond substituents is 1. The Balaban J connectivity index is 0.000000283. The van der Waals surface area contributed by atoms with Crippen LogP contribution in [0.4, 0.5) is 14.6 Å². The summed E-state index contributed by atoms with van der Waals surface area (Å²) in [5.74, 6) is -0.0289. The molecule has 41 heavy (non-hydrogen) atoms. The Morgan fingerprint density at radius 1 is 1.00 bits per heavy atom. The average Bonchev–Trinajstić information content (AvgIpc) is 3.48. The van der Waals surface area contributed by atoms with E-state index in [1.807, 2.05) is 29.2 Å². The van der Waals surface area contributed by atoms with Crippen LogP contribution in [0, 0.1) is 5.82 Å². The Kier molecular flexibility index (Phi) is 7.86. The van der Waals surface area contributed by atoms with Crippen molar-refractivity contribution in [3.63, 3.8) is 0 Å². The standard InChI is InChI=1S/C24H23FN4O3.C7H12FN/c1-32-24-27-22-19(23(28-24)29-9-4-6-15(30)8-10-29)13-26-21(20(22)25)18-12-16(31)11-14-5-2-3-7-17(14)18;8-6-4-7-2-1-3-9(7)5-6/h2-3,5,7,11-13,15,30-31H,4,6,8-10H2,1H3;6-7H,1-5H2. The predicted molar refractivity (Wildman–Crippen MR) is 155 cm³/mol. The summed E-state index contributed by atoms with van der Waals surface area (Å²) in [5, 5.41) is 22.2. The number of phenols is 1. The molecule has 4 aromatic rings. The molecular formula is C31H35F2N5O3. The van der Waals surface area contributed by atoms with Crippen LogP contribution < -0.4 is 9.64 Å². The zero-order chi connectivity index (χ0) is 28.5. The molecule has 3 saturated heterocycles. The van der Waals surface area contributed by atoms with Crippen molar-refractivity contribution < 1.29 is 23.7 Å². The van der Waals surface area contributed by atoms with Crippen molar-refractivity contribution in [3.8, 4) is 23.0 Å². The van der Waals surface area contributed by atoms with Gasteiger partial charge in [-0.1, -0.05) is 24.3 Å². The van der Waals surface area contributed by atoms with Crippen LogP contribution in [0.25, 0.3) is 32.9 Å². The van der Waals surface area contributed by atoms with E-state index < -0.39 is 12.0 Å². The van der Waals surface area contributed by atoms with Gasteiger partial charge in [-0.05, 0) is 68.0 Å². The number of ether oxygens (including phenoxy) is 1. The number of aliphatic hydroxyl groups is 1. The number of aliphatic hydroxyl groups excluding tert-OH is 1. The molecule has 2 aromatic carbocycles. The second-order valence-electron chi connectivity index (χ2n) is 11.1. The molecule has 2 aromatic heterocycles. The first-order chi connectivity index (χ1) is 19.9. The van der Waals surface area contributed by atoms with E-state index in [-0.39, 0.29) is 29.1 Å². The van der Waals surface area contributed by atoms with E-state index in [4.69, 9.17) is 4.74 Å². The van der Waals surface area contributed by atoms with Crippen LogP contribution >= 0.6 is 0 Å². The number of hydrogen-bond acceptors (Lipinski definition) is 8. The fourth-order valence-electron chi connectivity index (χ4n) is 6.35. The molecule has 3 atom stereocenters. The van der Waals surface area contributed by atoms with Crippen LogP contribution in [-0.2, 0) is 0 Å². The number of aromatic hydroxyl groups is 1. The maximum atomic E-state index is 15.9. The first kappa shape index (κ1) is 27.5. The van der Waals surface area contributed by atoms with Gasteiger partial charge in [-0.15, -0.1) is 0 Å². The van der Waals surface area contributed by atoms with Crippen molar-refractivity contribution in [2.75, 3.05) is 38.2 Å². The molecule has 0 amide bonds. The van der Waals surface area contributed by atoms with Crippen LogP contribution in [-0.4, -0.2) is 81.7 Å². The van der Waals surface area contributed by atoms with Gasteiger partial charge in [0.25, 0.3) is 0 Å². The third-order valence-corrected chi connectivity index (χ3v) is 8.38. The van der Waals surface area contributed by atoms with Gasteiger partial charge in [0, 0.05) is 37.4 Å². The summed E-state index contributed by atoms with van der Waals surface area (Å²) in [6, 6.07) is 11.3. The third kappa shape index (κ3) is 5.63. The van der Waals surface area contributed by atoms with Crippen LogP contribution in [0.2, 0.25) is 0 Å². The summed E-state index contributed by atoms with van der Waals surface area (Å²) in [7, 11) is 1.44. The zero-order valence-corrected chi connectivity index (χ0v) is 23.1. The largest absolute Gasteiger partial charge is 0.508 e. The van der Waals surface area contributed by atoms with E-state index in [0.717, 1.165) is 36.6 Å². The van der Waals surface area contributed by atoms with Crippen LogP contribution in [0.15, 0.2) is 42.6 Å². The number of methoxy groups -OCH3 is 1. The molecule has 0 spiro atoms. The Morgan fingerprint density at radius 3 is 2.66 bits per heavy atom. The number of benzene rings is 2. The summed E-state index contributed by atoms with van der Waals surface area (Å²) in [6.45, 7) is 3.14. The minimum Gasteiger partial charge on any atom is -0.508 e. The summed E-state index contributed by atoms with van der Waals surface area (Å²) < 4.78 is 33.7. The molecular weight excluding hydrogens is 528 g/mol. The van der Waals surface area contributed by atoms with Gasteiger partial charge in [-0.25, -0.2) is 8.78 Å². The van der Waals surface area contributed by atoms with Gasteiger partial charge in [-0.3, -0.25) is 9.88 Å². The molecule has 3 aliphatic heterocycles. The first-order valence-electron chi connectivity index (χ1n) is 14.3. The number of aromatic nitrogens is 3. The molecule has 3 unspecified atom stereocenters. The number of fused-ring (bicyclic) bond motifs is 3. The lowest BCUT2D eigenvalue weighted by molar-refractivity contribution is 0.161. The van der Waals surface area contributed by atoms with Gasteiger partial charge < -0.3 is 19.8 Å². The molecule has 2 N–H and O–H groups in total.